The van der Waals surface area contributed by atoms with Crippen molar-refractivity contribution in [2.45, 2.75) is 0 Å². The Bertz CT molecular complexity index is 958. The zero-order valence-corrected chi connectivity index (χ0v) is 18.1. The summed E-state index contributed by atoms with van der Waals surface area (Å²) < 4.78 is 11.3. The van der Waals surface area contributed by atoms with Gasteiger partial charge in [-0.05, 0) is 30.0 Å². The summed E-state index contributed by atoms with van der Waals surface area (Å²) in [6, 6.07) is 12.1. The molecule has 28 heavy (non-hydrogen) atoms. The van der Waals surface area contributed by atoms with Crippen LogP contribution in [0.3, 0.4) is 0 Å². The summed E-state index contributed by atoms with van der Waals surface area (Å²) >= 11 is 0. The first kappa shape index (κ1) is 20.4. The highest BCUT2D eigenvalue weighted by molar-refractivity contribution is 8.93. The molecule has 0 atom stereocenters. The lowest BCUT2D eigenvalue weighted by molar-refractivity contribution is 0.311. The van der Waals surface area contributed by atoms with Crippen LogP contribution in [0.2, 0.25) is 0 Å². The van der Waals surface area contributed by atoms with Crippen molar-refractivity contribution in [1.29, 1.82) is 0 Å². The predicted octanol–water partition coefficient (Wildman–Crippen LogP) is 3.64. The number of rotatable bonds is 4. The lowest BCUT2D eigenvalue weighted by atomic mass is 10.00. The summed E-state index contributed by atoms with van der Waals surface area (Å²) in [6.07, 6.45) is 1.82. The highest BCUT2D eigenvalue weighted by Gasteiger charge is 2.20. The lowest BCUT2D eigenvalue weighted by Crippen LogP contribution is -2.45. The standard InChI is InChI=1S/C21H24N4O2.BrH/c1-24-10-12-25(13-11-24)21-22-9-8-17(23-21)19-16-7-5-4-6-15(16)14-18(26-2)20(19)27-3;/h4-9,14H,10-13H2,1-3H3;1H. The average molecular weight is 445 g/mol. The molecule has 148 valence electrons. The van der Waals surface area contributed by atoms with Crippen molar-refractivity contribution >= 4 is 33.7 Å². The van der Waals surface area contributed by atoms with Crippen LogP contribution >= 0.6 is 17.0 Å². The molecule has 7 heteroatoms. The van der Waals surface area contributed by atoms with Crippen LogP contribution in [0, 0.1) is 0 Å². The molecular weight excluding hydrogens is 420 g/mol. The fraction of sp³-hybridized carbons (Fsp3) is 0.333. The second-order valence-electron chi connectivity index (χ2n) is 6.74. The van der Waals surface area contributed by atoms with Gasteiger partial charge in [0.15, 0.2) is 11.5 Å². The minimum Gasteiger partial charge on any atom is -0.493 e. The molecule has 6 nitrogen and oxygen atoms in total. The topological polar surface area (TPSA) is 50.7 Å². The highest BCUT2D eigenvalue weighted by atomic mass is 79.9. The van der Waals surface area contributed by atoms with Crippen LogP contribution in [0.25, 0.3) is 22.0 Å². The maximum absolute atomic E-state index is 5.72. The molecule has 0 N–H and O–H groups in total. The number of fused-ring (bicyclic) bond motifs is 1. The van der Waals surface area contributed by atoms with E-state index in [0.717, 1.165) is 54.2 Å². The third-order valence-electron chi connectivity index (χ3n) is 5.08. The second-order valence-corrected chi connectivity index (χ2v) is 6.74. The van der Waals surface area contributed by atoms with Gasteiger partial charge in [0.05, 0.1) is 25.5 Å². The van der Waals surface area contributed by atoms with Gasteiger partial charge in [0, 0.05) is 32.4 Å². The van der Waals surface area contributed by atoms with Gasteiger partial charge in [-0.25, -0.2) is 9.97 Å². The Morgan fingerprint density at radius 3 is 2.43 bits per heavy atom. The van der Waals surface area contributed by atoms with E-state index in [0.29, 0.717) is 11.5 Å². The largest absolute Gasteiger partial charge is 0.493 e. The SMILES string of the molecule is Br.COc1cc2ccccc2c(-c2ccnc(N3CCN(C)CC3)n2)c1OC. The summed E-state index contributed by atoms with van der Waals surface area (Å²) in [5.74, 6) is 2.15. The molecule has 0 unspecified atom stereocenters. The van der Waals surface area contributed by atoms with Gasteiger partial charge in [-0.1, -0.05) is 24.3 Å². The number of halogens is 1. The first-order valence-corrected chi connectivity index (χ1v) is 9.12. The summed E-state index contributed by atoms with van der Waals surface area (Å²) in [6.45, 7) is 3.88. The van der Waals surface area contributed by atoms with Crippen LogP contribution in [-0.2, 0) is 0 Å². The Balaban J connectivity index is 0.00000225. The van der Waals surface area contributed by atoms with E-state index in [9.17, 15) is 0 Å². The van der Waals surface area contributed by atoms with Gasteiger partial charge in [-0.2, -0.15) is 0 Å². The van der Waals surface area contributed by atoms with E-state index in [2.05, 4.69) is 34.0 Å². The summed E-state index contributed by atoms with van der Waals surface area (Å²) in [5, 5.41) is 2.17. The molecule has 2 heterocycles. The maximum atomic E-state index is 5.72. The Morgan fingerprint density at radius 2 is 1.71 bits per heavy atom. The number of hydrogen-bond acceptors (Lipinski definition) is 6. The summed E-state index contributed by atoms with van der Waals surface area (Å²) in [4.78, 5) is 14.0. The molecule has 3 aromatic rings. The van der Waals surface area contributed by atoms with Crippen molar-refractivity contribution in [2.75, 3.05) is 52.3 Å². The molecule has 2 aromatic carbocycles. The zero-order valence-electron chi connectivity index (χ0n) is 16.4. The van der Waals surface area contributed by atoms with Crippen LogP contribution in [-0.4, -0.2) is 62.3 Å². The molecule has 4 rings (SSSR count). The number of anilines is 1. The van der Waals surface area contributed by atoms with Crippen LogP contribution in [0.15, 0.2) is 42.6 Å². The molecule has 1 saturated heterocycles. The van der Waals surface area contributed by atoms with Gasteiger partial charge < -0.3 is 19.3 Å². The lowest BCUT2D eigenvalue weighted by Gasteiger charge is -2.32. The van der Waals surface area contributed by atoms with Crippen molar-refractivity contribution in [1.82, 2.24) is 14.9 Å². The summed E-state index contributed by atoms with van der Waals surface area (Å²) in [7, 11) is 5.46. The highest BCUT2D eigenvalue weighted by Crippen LogP contribution is 2.43. The molecule has 0 amide bonds. The number of hydrogen-bond donors (Lipinski definition) is 0. The van der Waals surface area contributed by atoms with E-state index in [4.69, 9.17) is 14.5 Å². The normalized spacial score (nSPS) is 14.6. The van der Waals surface area contributed by atoms with Gasteiger partial charge in [0.2, 0.25) is 5.95 Å². The quantitative estimate of drug-likeness (QED) is 0.611. The van der Waals surface area contributed by atoms with Crippen molar-refractivity contribution in [2.24, 2.45) is 0 Å². The third kappa shape index (κ3) is 3.77. The van der Waals surface area contributed by atoms with Crippen molar-refractivity contribution in [3.8, 4) is 22.8 Å². The molecular formula is C21H25BrN4O2. The van der Waals surface area contributed by atoms with Crippen molar-refractivity contribution in [3.63, 3.8) is 0 Å². The fourth-order valence-electron chi connectivity index (χ4n) is 3.56. The van der Waals surface area contributed by atoms with Gasteiger partial charge in [-0.3, -0.25) is 0 Å². The maximum Gasteiger partial charge on any atom is 0.225 e. The van der Waals surface area contributed by atoms with Gasteiger partial charge in [0.1, 0.15) is 0 Å². The Morgan fingerprint density at radius 1 is 0.964 bits per heavy atom. The Labute approximate surface area is 175 Å². The van der Waals surface area contributed by atoms with Crippen LogP contribution < -0.4 is 14.4 Å². The number of aromatic nitrogens is 2. The molecule has 0 radical (unpaired) electrons. The molecule has 0 saturated carbocycles. The van der Waals surface area contributed by atoms with Crippen LogP contribution in [0.1, 0.15) is 0 Å². The van der Waals surface area contributed by atoms with Crippen molar-refractivity contribution < 1.29 is 9.47 Å². The first-order chi connectivity index (χ1) is 13.2. The van der Waals surface area contributed by atoms with Crippen LogP contribution in [0.5, 0.6) is 11.5 Å². The third-order valence-corrected chi connectivity index (χ3v) is 5.08. The molecule has 1 fully saturated rings. The molecule has 0 bridgehead atoms. The van der Waals surface area contributed by atoms with Crippen LogP contribution in [0.4, 0.5) is 5.95 Å². The first-order valence-electron chi connectivity index (χ1n) is 9.12. The number of piperazine rings is 1. The van der Waals surface area contributed by atoms with E-state index in [1.807, 2.05) is 30.5 Å². The number of likely N-dealkylation sites (N-methyl/N-ethyl adjacent to an activating group) is 1. The number of benzene rings is 2. The predicted molar refractivity (Wildman–Crippen MR) is 118 cm³/mol. The smallest absolute Gasteiger partial charge is 0.225 e. The van der Waals surface area contributed by atoms with E-state index in [-0.39, 0.29) is 17.0 Å². The Hall–Kier alpha value is -2.38. The summed E-state index contributed by atoms with van der Waals surface area (Å²) in [5.41, 5.74) is 1.77. The minimum absolute atomic E-state index is 0. The van der Waals surface area contributed by atoms with Crippen molar-refractivity contribution in [3.05, 3.63) is 42.6 Å². The van der Waals surface area contributed by atoms with Gasteiger partial charge in [-0.15, -0.1) is 17.0 Å². The van der Waals surface area contributed by atoms with Gasteiger partial charge in [0.25, 0.3) is 0 Å². The number of ether oxygens (including phenoxy) is 2. The van der Waals surface area contributed by atoms with E-state index < -0.39 is 0 Å². The van der Waals surface area contributed by atoms with E-state index in [1.54, 1.807) is 14.2 Å². The van der Waals surface area contributed by atoms with E-state index >= 15 is 0 Å². The van der Waals surface area contributed by atoms with Gasteiger partial charge >= 0.3 is 0 Å². The second kappa shape index (κ2) is 8.75. The molecule has 1 aromatic heterocycles. The zero-order chi connectivity index (χ0) is 18.8. The Kier molecular flexibility index (Phi) is 6.36. The molecule has 0 aliphatic carbocycles. The average Bonchev–Trinajstić information content (AvgIpc) is 2.72. The molecule has 1 aliphatic rings. The fourth-order valence-corrected chi connectivity index (χ4v) is 3.56. The van der Waals surface area contributed by atoms with E-state index in [1.165, 1.54) is 0 Å². The molecule has 0 spiro atoms. The number of nitrogens with zero attached hydrogens (tertiary/aromatic N) is 4. The number of methoxy groups -OCH3 is 2. The molecule has 1 aliphatic heterocycles. The monoisotopic (exact) mass is 444 g/mol. The minimum atomic E-state index is 0.